The van der Waals surface area contributed by atoms with Crippen molar-refractivity contribution in [3.05, 3.63) is 34.1 Å². The molecule has 66 valence electrons. The first-order chi connectivity index (χ1) is 5.58. The second kappa shape index (κ2) is 2.97. The molecule has 0 aromatic heterocycles. The molecule has 1 rings (SSSR count). The van der Waals surface area contributed by atoms with Gasteiger partial charge in [0, 0.05) is 18.3 Å². The minimum Gasteiger partial charge on any atom is -0.497 e. The molecule has 0 aromatic rings. The van der Waals surface area contributed by atoms with Crippen molar-refractivity contribution in [2.24, 2.45) is 0 Å². The van der Waals surface area contributed by atoms with Crippen molar-refractivity contribution in [2.75, 3.05) is 7.11 Å². The molecule has 0 saturated carbocycles. The zero-order chi connectivity index (χ0) is 9.19. The van der Waals surface area contributed by atoms with Crippen molar-refractivity contribution in [3.63, 3.8) is 0 Å². The Labute approximate surface area is 70.7 Å². The highest BCUT2D eigenvalue weighted by Gasteiger charge is 2.34. The topological polar surface area (TPSA) is 52.4 Å². The number of nitro groups is 1. The van der Waals surface area contributed by atoms with Gasteiger partial charge in [0.1, 0.15) is 5.76 Å². The van der Waals surface area contributed by atoms with E-state index in [2.05, 4.69) is 0 Å². The fourth-order valence-electron chi connectivity index (χ4n) is 0.992. The van der Waals surface area contributed by atoms with Crippen LogP contribution in [0, 0.1) is 10.1 Å². The Kier molecular flexibility index (Phi) is 2.17. The first kappa shape index (κ1) is 8.77. The van der Waals surface area contributed by atoms with Gasteiger partial charge >= 0.3 is 0 Å². The molecule has 0 heterocycles. The van der Waals surface area contributed by atoms with Gasteiger partial charge in [0.25, 0.3) is 0 Å². The number of hydrogen-bond donors (Lipinski definition) is 0. The minimum atomic E-state index is -0.956. The normalized spacial score (nSPS) is 28.0. The number of rotatable bonds is 2. The van der Waals surface area contributed by atoms with Gasteiger partial charge in [0.15, 0.2) is 0 Å². The SMILES string of the molecule is COC1=CCC(C)([N+](=O)[O-])C=C1. The van der Waals surface area contributed by atoms with E-state index in [1.165, 1.54) is 0 Å². The van der Waals surface area contributed by atoms with Crippen molar-refractivity contribution < 1.29 is 9.66 Å². The van der Waals surface area contributed by atoms with Crippen LogP contribution in [-0.4, -0.2) is 17.6 Å². The first-order valence-corrected chi connectivity index (χ1v) is 3.66. The average Bonchev–Trinajstić information content (AvgIpc) is 2.06. The zero-order valence-corrected chi connectivity index (χ0v) is 7.11. The fraction of sp³-hybridized carbons (Fsp3) is 0.500. The summed E-state index contributed by atoms with van der Waals surface area (Å²) >= 11 is 0. The van der Waals surface area contributed by atoms with Gasteiger partial charge in [0.05, 0.1) is 7.11 Å². The van der Waals surface area contributed by atoms with Crippen LogP contribution in [0.3, 0.4) is 0 Å². The summed E-state index contributed by atoms with van der Waals surface area (Å²) in [5.74, 6) is 0.689. The summed E-state index contributed by atoms with van der Waals surface area (Å²) in [6.07, 6.45) is 5.31. The number of hydrogen-bond acceptors (Lipinski definition) is 3. The van der Waals surface area contributed by atoms with Gasteiger partial charge in [0.2, 0.25) is 5.54 Å². The van der Waals surface area contributed by atoms with Crippen molar-refractivity contribution in [2.45, 2.75) is 18.9 Å². The third-order valence-corrected chi connectivity index (χ3v) is 1.98. The molecule has 0 fully saturated rings. The third-order valence-electron chi connectivity index (χ3n) is 1.98. The van der Waals surface area contributed by atoms with Crippen molar-refractivity contribution in [1.82, 2.24) is 0 Å². The van der Waals surface area contributed by atoms with Crippen LogP contribution in [0.25, 0.3) is 0 Å². The van der Waals surface area contributed by atoms with E-state index in [0.29, 0.717) is 12.2 Å². The first-order valence-electron chi connectivity index (χ1n) is 3.66. The lowest BCUT2D eigenvalue weighted by molar-refractivity contribution is -0.549. The molecule has 4 nitrogen and oxygen atoms in total. The second-order valence-electron chi connectivity index (χ2n) is 2.96. The standard InChI is InChI=1S/C8H11NO3/c1-8(9(10)11)5-3-7(12-2)4-6-8/h3-5H,6H2,1-2H3. The Morgan fingerprint density at radius 3 is 2.75 bits per heavy atom. The van der Waals surface area contributed by atoms with Gasteiger partial charge < -0.3 is 4.74 Å². The summed E-state index contributed by atoms with van der Waals surface area (Å²) in [7, 11) is 1.55. The largest absolute Gasteiger partial charge is 0.497 e. The lowest BCUT2D eigenvalue weighted by Gasteiger charge is -2.18. The van der Waals surface area contributed by atoms with E-state index >= 15 is 0 Å². The monoisotopic (exact) mass is 169 g/mol. The molecule has 0 radical (unpaired) electrons. The summed E-state index contributed by atoms with van der Waals surface area (Å²) in [6.45, 7) is 1.59. The van der Waals surface area contributed by atoms with E-state index in [-0.39, 0.29) is 4.92 Å². The summed E-state index contributed by atoms with van der Waals surface area (Å²) in [5, 5.41) is 10.6. The Bertz CT molecular complexity index is 257. The number of ether oxygens (including phenoxy) is 1. The van der Waals surface area contributed by atoms with Gasteiger partial charge in [-0.05, 0) is 18.2 Å². The van der Waals surface area contributed by atoms with Crippen LogP contribution in [0.5, 0.6) is 0 Å². The maximum Gasteiger partial charge on any atom is 0.241 e. The molecule has 0 aromatic carbocycles. The number of nitrogens with zero attached hydrogens (tertiary/aromatic N) is 1. The van der Waals surface area contributed by atoms with Crippen molar-refractivity contribution in [3.8, 4) is 0 Å². The number of allylic oxidation sites excluding steroid dienone is 1. The van der Waals surface area contributed by atoms with E-state index in [0.717, 1.165) is 0 Å². The van der Waals surface area contributed by atoms with E-state index in [1.54, 1.807) is 32.3 Å². The lowest BCUT2D eigenvalue weighted by Crippen LogP contribution is -2.33. The average molecular weight is 169 g/mol. The predicted octanol–water partition coefficient (Wildman–Crippen LogP) is 1.51. The molecular weight excluding hydrogens is 158 g/mol. The highest BCUT2D eigenvalue weighted by atomic mass is 16.6. The summed E-state index contributed by atoms with van der Waals surface area (Å²) in [6, 6.07) is 0. The summed E-state index contributed by atoms with van der Waals surface area (Å²) in [5.41, 5.74) is -0.956. The van der Waals surface area contributed by atoms with Crippen LogP contribution in [0.15, 0.2) is 24.0 Å². The van der Waals surface area contributed by atoms with E-state index in [9.17, 15) is 10.1 Å². The summed E-state index contributed by atoms with van der Waals surface area (Å²) < 4.78 is 4.92. The van der Waals surface area contributed by atoms with E-state index in [4.69, 9.17) is 4.74 Å². The highest BCUT2D eigenvalue weighted by molar-refractivity contribution is 5.22. The van der Waals surface area contributed by atoms with Crippen molar-refractivity contribution in [1.29, 1.82) is 0 Å². The molecule has 1 unspecified atom stereocenters. The quantitative estimate of drug-likeness (QED) is 0.465. The van der Waals surface area contributed by atoms with Crippen molar-refractivity contribution >= 4 is 0 Å². The van der Waals surface area contributed by atoms with E-state index in [1.807, 2.05) is 0 Å². The Balaban J connectivity index is 2.76. The van der Waals surface area contributed by atoms with Crippen LogP contribution in [-0.2, 0) is 4.74 Å². The molecule has 1 aliphatic carbocycles. The van der Waals surface area contributed by atoms with Gasteiger partial charge in [-0.15, -0.1) is 0 Å². The second-order valence-corrected chi connectivity index (χ2v) is 2.96. The number of methoxy groups -OCH3 is 1. The molecule has 12 heavy (non-hydrogen) atoms. The van der Waals surface area contributed by atoms with Crippen LogP contribution >= 0.6 is 0 Å². The Morgan fingerprint density at radius 1 is 1.75 bits per heavy atom. The van der Waals surface area contributed by atoms with Gasteiger partial charge in [-0.1, -0.05) is 0 Å². The molecule has 0 aliphatic heterocycles. The molecule has 1 aliphatic rings. The Morgan fingerprint density at radius 2 is 2.42 bits per heavy atom. The minimum absolute atomic E-state index is 0.285. The molecule has 0 amide bonds. The molecule has 0 spiro atoms. The predicted molar refractivity (Wildman–Crippen MR) is 44.2 cm³/mol. The lowest BCUT2D eigenvalue weighted by atomic mass is 9.94. The van der Waals surface area contributed by atoms with Crippen LogP contribution in [0.4, 0.5) is 0 Å². The third kappa shape index (κ3) is 1.47. The van der Waals surface area contributed by atoms with Crippen LogP contribution < -0.4 is 0 Å². The van der Waals surface area contributed by atoms with Gasteiger partial charge in [-0.3, -0.25) is 10.1 Å². The fourth-order valence-corrected chi connectivity index (χ4v) is 0.992. The maximum atomic E-state index is 10.6. The van der Waals surface area contributed by atoms with E-state index < -0.39 is 5.54 Å². The molecular formula is C8H11NO3. The van der Waals surface area contributed by atoms with Crippen LogP contribution in [0.1, 0.15) is 13.3 Å². The van der Waals surface area contributed by atoms with Gasteiger partial charge in [-0.25, -0.2) is 0 Å². The molecule has 4 heteroatoms. The molecule has 1 atom stereocenters. The summed E-state index contributed by atoms with van der Waals surface area (Å²) in [4.78, 5) is 10.3. The van der Waals surface area contributed by atoms with Gasteiger partial charge in [-0.2, -0.15) is 0 Å². The maximum absolute atomic E-state index is 10.6. The zero-order valence-electron chi connectivity index (χ0n) is 7.11. The molecule has 0 N–H and O–H groups in total. The Hall–Kier alpha value is -1.32. The smallest absolute Gasteiger partial charge is 0.241 e. The van der Waals surface area contributed by atoms with Crippen LogP contribution in [0.2, 0.25) is 0 Å². The molecule has 0 saturated heterocycles. The molecule has 0 bridgehead atoms. The highest BCUT2D eigenvalue weighted by Crippen LogP contribution is 2.23.